The van der Waals surface area contributed by atoms with Crippen molar-refractivity contribution in [1.82, 2.24) is 9.98 Å². The number of hydrogen-bond acceptors (Lipinski definition) is 1. The van der Waals surface area contributed by atoms with E-state index in [1.807, 2.05) is 13.8 Å². The van der Waals surface area contributed by atoms with Crippen LogP contribution in [0.25, 0.3) is 0 Å². The lowest BCUT2D eigenvalue weighted by molar-refractivity contribution is 0.289. The van der Waals surface area contributed by atoms with Gasteiger partial charge in [-0.3, -0.25) is 5.32 Å². The predicted molar refractivity (Wildman–Crippen MR) is 82.0 cm³/mol. The lowest BCUT2D eigenvalue weighted by Gasteiger charge is -2.26. The van der Waals surface area contributed by atoms with Crippen LogP contribution in [-0.4, -0.2) is 24.4 Å². The molecule has 0 aromatic heterocycles. The predicted octanol–water partition coefficient (Wildman–Crippen LogP) is 2.15. The summed E-state index contributed by atoms with van der Waals surface area (Å²) >= 11 is 0. The molecule has 0 amide bonds. The Morgan fingerprint density at radius 2 is 2.05 bits per heavy atom. The van der Waals surface area contributed by atoms with Crippen molar-refractivity contribution in [3.63, 3.8) is 0 Å². The van der Waals surface area contributed by atoms with Gasteiger partial charge in [0.2, 0.25) is 5.83 Å². The number of nitrogens with two attached hydrogens (primary N) is 1. The van der Waals surface area contributed by atoms with Gasteiger partial charge in [-0.25, -0.2) is 9.66 Å². The van der Waals surface area contributed by atoms with Crippen LogP contribution in [-0.2, 0) is 0 Å². The zero-order valence-corrected chi connectivity index (χ0v) is 12.6. The third-order valence-corrected chi connectivity index (χ3v) is 2.85. The zero-order chi connectivity index (χ0) is 15.1. The Balaban J connectivity index is 5.01. The number of nitrogens with zero attached hydrogens (tertiary/aromatic N) is 2. The first-order valence-electron chi connectivity index (χ1n) is 6.54. The third kappa shape index (κ3) is 6.20. The van der Waals surface area contributed by atoms with Gasteiger partial charge in [0.15, 0.2) is 6.72 Å². The monoisotopic (exact) mass is 269 g/mol. The van der Waals surface area contributed by atoms with E-state index in [0.29, 0.717) is 12.3 Å². The van der Waals surface area contributed by atoms with Crippen molar-refractivity contribution >= 4 is 18.4 Å². The molecule has 0 spiro atoms. The van der Waals surface area contributed by atoms with Gasteiger partial charge in [0.05, 0.1) is 18.1 Å². The molecule has 0 heterocycles. The highest BCUT2D eigenvalue weighted by Gasteiger charge is 2.30. The van der Waals surface area contributed by atoms with Gasteiger partial charge in [0, 0.05) is 11.8 Å². The second-order valence-corrected chi connectivity index (χ2v) is 5.43. The molecule has 0 aliphatic heterocycles. The van der Waals surface area contributed by atoms with Crippen molar-refractivity contribution < 1.29 is 4.39 Å². The van der Waals surface area contributed by atoms with Crippen LogP contribution in [0.1, 0.15) is 47.5 Å². The molecule has 0 aliphatic rings. The molecule has 0 fully saturated rings. The van der Waals surface area contributed by atoms with Gasteiger partial charge in [0.25, 0.3) is 0 Å². The van der Waals surface area contributed by atoms with E-state index in [1.54, 1.807) is 0 Å². The topological polar surface area (TPSA) is 64.5 Å². The summed E-state index contributed by atoms with van der Waals surface area (Å²) in [5.41, 5.74) is 5.52. The minimum Gasteiger partial charge on any atom is -0.387 e. The Bertz CT molecular complexity index is 398. The van der Waals surface area contributed by atoms with Crippen LogP contribution in [0.4, 0.5) is 4.39 Å². The van der Waals surface area contributed by atoms with Crippen LogP contribution >= 0.6 is 0 Å². The summed E-state index contributed by atoms with van der Waals surface area (Å²) in [5.74, 6) is -0.0787. The second-order valence-electron chi connectivity index (χ2n) is 5.43. The van der Waals surface area contributed by atoms with Gasteiger partial charge in [-0.1, -0.05) is 34.6 Å². The minimum atomic E-state index is -0.561. The summed E-state index contributed by atoms with van der Waals surface area (Å²) in [6.45, 7) is 13.5. The van der Waals surface area contributed by atoms with Crippen LogP contribution < -0.4 is 15.7 Å². The SMILES string of the molecule is C=[N+]=C(NC(CC)C(C)(C)C)C(F)=CN=C(N)CC. The molecular weight excluding hydrogens is 243 g/mol. The Morgan fingerprint density at radius 3 is 2.42 bits per heavy atom. The van der Waals surface area contributed by atoms with Crippen LogP contribution in [0.5, 0.6) is 0 Å². The number of aliphatic imine (C=N–C) groups is 1. The van der Waals surface area contributed by atoms with Crippen LogP contribution in [0, 0.1) is 5.41 Å². The van der Waals surface area contributed by atoms with E-state index in [-0.39, 0.29) is 17.3 Å². The first-order valence-corrected chi connectivity index (χ1v) is 6.54. The minimum absolute atomic E-state index is 0.00329. The van der Waals surface area contributed by atoms with Crippen molar-refractivity contribution in [3.05, 3.63) is 12.0 Å². The molecule has 0 saturated heterocycles. The van der Waals surface area contributed by atoms with E-state index in [9.17, 15) is 4.39 Å². The molecule has 0 radical (unpaired) electrons. The molecular formula is C14H26FN4+. The molecule has 4 nitrogen and oxygen atoms in total. The highest BCUT2D eigenvalue weighted by Crippen LogP contribution is 2.21. The van der Waals surface area contributed by atoms with Gasteiger partial charge in [0.1, 0.15) is 0 Å². The fourth-order valence-corrected chi connectivity index (χ4v) is 1.58. The summed E-state index contributed by atoms with van der Waals surface area (Å²) in [5, 5.41) is 3.07. The Kier molecular flexibility index (Phi) is 7.09. The standard InChI is InChI=1S/C14H25FN4/c1-7-11(14(3,4)5)19-13(17-6)10(15)9-18-12(16)8-2/h9,11H,6-8H2,1-5H3,(H2,16,18,19)/p+1. The average molecular weight is 269 g/mol. The number of amidine groups is 2. The maximum absolute atomic E-state index is 13.9. The van der Waals surface area contributed by atoms with Gasteiger partial charge in [-0.2, -0.15) is 4.39 Å². The summed E-state index contributed by atoms with van der Waals surface area (Å²) < 4.78 is 17.6. The first-order chi connectivity index (χ1) is 8.76. The molecule has 108 valence electrons. The molecule has 0 rings (SSSR count). The molecule has 3 N–H and O–H groups in total. The maximum atomic E-state index is 13.9. The fraction of sp³-hybridized carbons (Fsp3) is 0.643. The molecule has 0 aromatic rings. The van der Waals surface area contributed by atoms with E-state index in [2.05, 4.69) is 42.5 Å². The smallest absolute Gasteiger partial charge is 0.387 e. The summed E-state index contributed by atoms with van der Waals surface area (Å²) in [4.78, 5) is 3.82. The Morgan fingerprint density at radius 1 is 1.47 bits per heavy atom. The molecule has 1 unspecified atom stereocenters. The fourth-order valence-electron chi connectivity index (χ4n) is 1.58. The van der Waals surface area contributed by atoms with Gasteiger partial charge < -0.3 is 5.73 Å². The number of nitrogens with one attached hydrogen (secondary N) is 1. The van der Waals surface area contributed by atoms with Crippen LogP contribution in [0.3, 0.4) is 0 Å². The van der Waals surface area contributed by atoms with Crippen molar-refractivity contribution in [1.29, 1.82) is 0 Å². The van der Waals surface area contributed by atoms with Crippen LogP contribution in [0.2, 0.25) is 0 Å². The third-order valence-electron chi connectivity index (χ3n) is 2.85. The molecule has 0 saturated carbocycles. The summed E-state index contributed by atoms with van der Waals surface area (Å²) in [7, 11) is 0. The zero-order valence-electron chi connectivity index (χ0n) is 12.6. The quantitative estimate of drug-likeness (QED) is 0.456. The highest BCUT2D eigenvalue weighted by atomic mass is 19.1. The number of hydrogen-bond donors (Lipinski definition) is 2. The largest absolute Gasteiger partial charge is 0.404 e. The van der Waals surface area contributed by atoms with E-state index in [1.165, 1.54) is 0 Å². The Labute approximate surface area is 115 Å². The molecule has 0 aromatic carbocycles. The second kappa shape index (κ2) is 7.74. The average Bonchev–Trinajstić information content (AvgIpc) is 2.35. The molecule has 0 aliphatic carbocycles. The summed E-state index contributed by atoms with van der Waals surface area (Å²) in [6.07, 6.45) is 2.51. The highest BCUT2D eigenvalue weighted by molar-refractivity contribution is 5.96. The van der Waals surface area contributed by atoms with Crippen molar-refractivity contribution in [2.45, 2.75) is 53.5 Å². The lowest BCUT2D eigenvalue weighted by atomic mass is 9.85. The van der Waals surface area contributed by atoms with Gasteiger partial charge in [-0.15, -0.1) is 0 Å². The lowest BCUT2D eigenvalue weighted by Crippen LogP contribution is -2.44. The van der Waals surface area contributed by atoms with Crippen molar-refractivity contribution in [2.24, 2.45) is 16.1 Å². The van der Waals surface area contributed by atoms with E-state index in [0.717, 1.165) is 12.6 Å². The van der Waals surface area contributed by atoms with Crippen molar-refractivity contribution in [2.75, 3.05) is 0 Å². The van der Waals surface area contributed by atoms with Crippen LogP contribution in [0.15, 0.2) is 17.0 Å². The van der Waals surface area contributed by atoms with Gasteiger partial charge in [-0.05, 0) is 6.42 Å². The Hall–Kier alpha value is -1.61. The van der Waals surface area contributed by atoms with Gasteiger partial charge >= 0.3 is 5.84 Å². The maximum Gasteiger partial charge on any atom is 0.404 e. The molecule has 19 heavy (non-hydrogen) atoms. The van der Waals surface area contributed by atoms with E-state index in [4.69, 9.17) is 5.73 Å². The molecule has 0 bridgehead atoms. The van der Waals surface area contributed by atoms with E-state index < -0.39 is 5.83 Å². The van der Waals surface area contributed by atoms with Crippen molar-refractivity contribution in [3.8, 4) is 0 Å². The van der Waals surface area contributed by atoms with E-state index >= 15 is 0 Å². The summed E-state index contributed by atoms with van der Waals surface area (Å²) in [6, 6.07) is 0.0969. The molecule has 5 heteroatoms. The number of rotatable bonds is 5. The first kappa shape index (κ1) is 17.4. The number of halogens is 1. The molecule has 1 atom stereocenters. The normalized spacial score (nSPS) is 14.8.